The third-order valence-electron chi connectivity index (χ3n) is 3.76. The number of rotatable bonds is 5. The molecule has 1 aliphatic rings. The zero-order valence-electron chi connectivity index (χ0n) is 11.7. The molecule has 2 aromatic rings. The monoisotopic (exact) mass is 272 g/mol. The predicted molar refractivity (Wildman–Crippen MR) is 76.3 cm³/mol. The fourth-order valence-electron chi connectivity index (χ4n) is 2.56. The van der Waals surface area contributed by atoms with Crippen molar-refractivity contribution in [1.29, 1.82) is 0 Å². The molecule has 0 radical (unpaired) electrons. The smallest absolute Gasteiger partial charge is 0.240 e. The maximum atomic E-state index is 5.34. The van der Waals surface area contributed by atoms with Crippen LogP contribution < -0.4 is 5.32 Å². The van der Waals surface area contributed by atoms with Crippen LogP contribution in [0, 0.1) is 0 Å². The first kappa shape index (κ1) is 13.3. The van der Waals surface area contributed by atoms with Gasteiger partial charge < -0.3 is 9.84 Å². The van der Waals surface area contributed by atoms with Crippen LogP contribution in [0.25, 0.3) is 0 Å². The standard InChI is InChI=1S/C15H20N4O/c1-19(13-7-8-16-10-13)11-15-17-14(18-20-15)9-12-5-3-2-4-6-12/h2-6,13,16H,7-11H2,1H3. The zero-order chi connectivity index (χ0) is 13.8. The van der Waals surface area contributed by atoms with Crippen LogP contribution in [0.3, 0.4) is 0 Å². The number of nitrogens with zero attached hydrogens (tertiary/aromatic N) is 3. The molecule has 0 saturated carbocycles. The SMILES string of the molecule is CN(Cc1nc(Cc2ccccc2)no1)C1CCNC1. The first-order valence-electron chi connectivity index (χ1n) is 7.07. The van der Waals surface area contributed by atoms with Crippen molar-refractivity contribution in [1.82, 2.24) is 20.4 Å². The second-order valence-corrected chi connectivity index (χ2v) is 5.33. The molecule has 0 spiro atoms. The molecule has 2 heterocycles. The molecule has 106 valence electrons. The van der Waals surface area contributed by atoms with Crippen molar-refractivity contribution in [2.45, 2.75) is 25.4 Å². The average Bonchev–Trinajstić information content (AvgIpc) is 3.11. The Bertz CT molecular complexity index is 534. The van der Waals surface area contributed by atoms with Crippen LogP contribution in [0.5, 0.6) is 0 Å². The van der Waals surface area contributed by atoms with E-state index in [4.69, 9.17) is 4.52 Å². The molecule has 1 aromatic carbocycles. The molecule has 5 heteroatoms. The summed E-state index contributed by atoms with van der Waals surface area (Å²) in [6.07, 6.45) is 1.90. The number of benzene rings is 1. The topological polar surface area (TPSA) is 54.2 Å². The van der Waals surface area contributed by atoms with Crippen LogP contribution in [-0.2, 0) is 13.0 Å². The highest BCUT2D eigenvalue weighted by molar-refractivity contribution is 5.18. The lowest BCUT2D eigenvalue weighted by atomic mass is 10.1. The molecular formula is C15H20N4O. The first-order chi connectivity index (χ1) is 9.81. The number of hydrogen-bond donors (Lipinski definition) is 1. The lowest BCUT2D eigenvalue weighted by Crippen LogP contribution is -2.32. The maximum Gasteiger partial charge on any atom is 0.240 e. The van der Waals surface area contributed by atoms with Crippen LogP contribution in [0.15, 0.2) is 34.9 Å². The van der Waals surface area contributed by atoms with Gasteiger partial charge >= 0.3 is 0 Å². The molecule has 1 aliphatic heterocycles. The van der Waals surface area contributed by atoms with E-state index in [-0.39, 0.29) is 0 Å². The van der Waals surface area contributed by atoms with Crippen LogP contribution in [-0.4, -0.2) is 41.2 Å². The van der Waals surface area contributed by atoms with Crippen molar-refractivity contribution < 1.29 is 4.52 Å². The molecule has 1 aromatic heterocycles. The summed E-state index contributed by atoms with van der Waals surface area (Å²) in [4.78, 5) is 6.75. The quantitative estimate of drug-likeness (QED) is 0.893. The van der Waals surface area contributed by atoms with Gasteiger partial charge in [0.25, 0.3) is 0 Å². The van der Waals surface area contributed by atoms with E-state index in [1.807, 2.05) is 18.2 Å². The van der Waals surface area contributed by atoms with Crippen LogP contribution in [0.2, 0.25) is 0 Å². The van der Waals surface area contributed by atoms with Gasteiger partial charge in [-0.1, -0.05) is 35.5 Å². The fourth-order valence-corrected chi connectivity index (χ4v) is 2.56. The van der Waals surface area contributed by atoms with Crippen molar-refractivity contribution in [3.63, 3.8) is 0 Å². The number of likely N-dealkylation sites (N-methyl/N-ethyl adjacent to an activating group) is 1. The minimum Gasteiger partial charge on any atom is -0.338 e. The van der Waals surface area contributed by atoms with Gasteiger partial charge in [-0.25, -0.2) is 0 Å². The van der Waals surface area contributed by atoms with E-state index in [1.165, 1.54) is 12.0 Å². The Morgan fingerprint density at radius 2 is 2.20 bits per heavy atom. The van der Waals surface area contributed by atoms with Gasteiger partial charge in [-0.2, -0.15) is 4.98 Å². The molecule has 5 nitrogen and oxygen atoms in total. The van der Waals surface area contributed by atoms with E-state index in [0.29, 0.717) is 18.5 Å². The summed E-state index contributed by atoms with van der Waals surface area (Å²) in [5.74, 6) is 1.45. The molecule has 20 heavy (non-hydrogen) atoms. The van der Waals surface area contributed by atoms with Crippen molar-refractivity contribution in [2.75, 3.05) is 20.1 Å². The molecule has 0 amide bonds. The van der Waals surface area contributed by atoms with Crippen molar-refractivity contribution >= 4 is 0 Å². The summed E-state index contributed by atoms with van der Waals surface area (Å²) >= 11 is 0. The van der Waals surface area contributed by atoms with Gasteiger partial charge in [-0.05, 0) is 25.6 Å². The molecule has 0 aliphatic carbocycles. The maximum absolute atomic E-state index is 5.34. The first-order valence-corrected chi connectivity index (χ1v) is 7.07. The van der Waals surface area contributed by atoms with Crippen LogP contribution in [0.1, 0.15) is 23.7 Å². The molecule has 1 saturated heterocycles. The highest BCUT2D eigenvalue weighted by Crippen LogP contribution is 2.11. The van der Waals surface area contributed by atoms with E-state index >= 15 is 0 Å². The third kappa shape index (κ3) is 3.23. The van der Waals surface area contributed by atoms with Gasteiger partial charge in [0, 0.05) is 19.0 Å². The second kappa shape index (κ2) is 6.15. The van der Waals surface area contributed by atoms with Gasteiger partial charge in [0.2, 0.25) is 5.89 Å². The van der Waals surface area contributed by atoms with E-state index in [2.05, 4.69) is 39.5 Å². The Balaban J connectivity index is 1.59. The largest absolute Gasteiger partial charge is 0.338 e. The summed E-state index contributed by atoms with van der Waals surface area (Å²) in [6, 6.07) is 10.8. The van der Waals surface area contributed by atoms with Gasteiger partial charge in [0.05, 0.1) is 6.54 Å². The molecule has 1 unspecified atom stereocenters. The Morgan fingerprint density at radius 3 is 2.95 bits per heavy atom. The third-order valence-corrected chi connectivity index (χ3v) is 3.76. The Morgan fingerprint density at radius 1 is 1.35 bits per heavy atom. The minimum absolute atomic E-state index is 0.569. The van der Waals surface area contributed by atoms with Gasteiger partial charge in [-0.15, -0.1) is 0 Å². The lowest BCUT2D eigenvalue weighted by Gasteiger charge is -2.21. The minimum atomic E-state index is 0.569. The molecular weight excluding hydrogens is 252 g/mol. The zero-order valence-corrected chi connectivity index (χ0v) is 11.7. The Labute approximate surface area is 119 Å². The Kier molecular flexibility index (Phi) is 4.08. The lowest BCUT2D eigenvalue weighted by molar-refractivity contribution is 0.214. The van der Waals surface area contributed by atoms with Crippen molar-refractivity contribution in [3.05, 3.63) is 47.6 Å². The van der Waals surface area contributed by atoms with E-state index in [0.717, 1.165) is 25.3 Å². The average molecular weight is 272 g/mol. The number of nitrogens with one attached hydrogen (secondary N) is 1. The molecule has 1 N–H and O–H groups in total. The normalized spacial score (nSPS) is 18.8. The predicted octanol–water partition coefficient (Wildman–Crippen LogP) is 1.45. The second-order valence-electron chi connectivity index (χ2n) is 5.33. The van der Waals surface area contributed by atoms with Crippen molar-refractivity contribution in [2.24, 2.45) is 0 Å². The van der Waals surface area contributed by atoms with E-state index in [9.17, 15) is 0 Å². The van der Waals surface area contributed by atoms with Gasteiger partial charge in [0.15, 0.2) is 5.82 Å². The summed E-state index contributed by atoms with van der Waals surface area (Å²) in [6.45, 7) is 2.85. The summed E-state index contributed by atoms with van der Waals surface area (Å²) in [5.41, 5.74) is 1.20. The van der Waals surface area contributed by atoms with E-state index < -0.39 is 0 Å². The number of hydrogen-bond acceptors (Lipinski definition) is 5. The highest BCUT2D eigenvalue weighted by atomic mass is 16.5. The molecule has 3 rings (SSSR count). The van der Waals surface area contributed by atoms with Crippen molar-refractivity contribution in [3.8, 4) is 0 Å². The highest BCUT2D eigenvalue weighted by Gasteiger charge is 2.20. The van der Waals surface area contributed by atoms with E-state index in [1.54, 1.807) is 0 Å². The summed E-state index contributed by atoms with van der Waals surface area (Å²) in [7, 11) is 2.11. The molecule has 0 bridgehead atoms. The Hall–Kier alpha value is -1.72. The number of aromatic nitrogens is 2. The van der Waals surface area contributed by atoms with Crippen LogP contribution in [0.4, 0.5) is 0 Å². The molecule has 1 atom stereocenters. The van der Waals surface area contributed by atoms with Crippen LogP contribution >= 0.6 is 0 Å². The van der Waals surface area contributed by atoms with Gasteiger partial charge in [0.1, 0.15) is 0 Å². The fraction of sp³-hybridized carbons (Fsp3) is 0.467. The summed E-state index contributed by atoms with van der Waals surface area (Å²) in [5, 5.41) is 7.43. The van der Waals surface area contributed by atoms with Gasteiger partial charge in [-0.3, -0.25) is 4.90 Å². The molecule has 1 fully saturated rings. The summed E-state index contributed by atoms with van der Waals surface area (Å²) < 4.78 is 5.34.